The van der Waals surface area contributed by atoms with Crippen LogP contribution in [0.1, 0.15) is 41.7 Å². The van der Waals surface area contributed by atoms with Crippen molar-refractivity contribution < 1.29 is 8.42 Å². The van der Waals surface area contributed by atoms with Gasteiger partial charge in [0.05, 0.1) is 4.90 Å². The molecule has 0 saturated heterocycles. The van der Waals surface area contributed by atoms with Crippen molar-refractivity contribution in [2.75, 3.05) is 13.1 Å². The third-order valence-electron chi connectivity index (χ3n) is 4.23. The Morgan fingerprint density at radius 2 is 1.05 bits per heavy atom. The van der Waals surface area contributed by atoms with E-state index >= 15 is 0 Å². The maximum Gasteiger partial charge on any atom is 0.243 e. The van der Waals surface area contributed by atoms with Gasteiger partial charge in [0.25, 0.3) is 0 Å². The van der Waals surface area contributed by atoms with Gasteiger partial charge in [-0.25, -0.2) is 8.42 Å². The quantitative estimate of drug-likeness (QED) is 0.850. The van der Waals surface area contributed by atoms with E-state index in [1.54, 1.807) is 0 Å². The minimum Gasteiger partial charge on any atom is -0.207 e. The number of rotatable bonds is 4. The van der Waals surface area contributed by atoms with Gasteiger partial charge in [-0.1, -0.05) is 13.8 Å². The van der Waals surface area contributed by atoms with Gasteiger partial charge < -0.3 is 0 Å². The van der Waals surface area contributed by atoms with Crippen molar-refractivity contribution in [2.24, 2.45) is 0 Å². The third-order valence-corrected chi connectivity index (χ3v) is 6.56. The summed E-state index contributed by atoms with van der Waals surface area (Å²) in [4.78, 5) is 0.497. The van der Waals surface area contributed by atoms with Gasteiger partial charge in [-0.05, 0) is 62.4 Å². The number of hydrogen-bond donors (Lipinski definition) is 0. The monoisotopic (exact) mass is 283 g/mol. The van der Waals surface area contributed by atoms with E-state index in [4.69, 9.17) is 0 Å². The molecular weight excluding hydrogens is 258 g/mol. The molecule has 3 nitrogen and oxygen atoms in total. The van der Waals surface area contributed by atoms with E-state index in [9.17, 15) is 8.42 Å². The SMILES string of the molecule is CCN(CC)S(=O)(=O)c1c(C)c(C)c(C)c(C)c1C. The lowest BCUT2D eigenvalue weighted by Gasteiger charge is -2.24. The number of benzene rings is 1. The third kappa shape index (κ3) is 2.56. The van der Waals surface area contributed by atoms with Crippen LogP contribution in [0.25, 0.3) is 0 Å². The minimum absolute atomic E-state index is 0.497. The summed E-state index contributed by atoms with van der Waals surface area (Å²) < 4.78 is 27.1. The molecule has 0 saturated carbocycles. The Balaban J connectivity index is 3.70. The van der Waals surface area contributed by atoms with Gasteiger partial charge in [-0.15, -0.1) is 0 Å². The molecule has 1 rings (SSSR count). The molecule has 1 aromatic carbocycles. The molecular formula is C15H25NO2S. The lowest BCUT2D eigenvalue weighted by atomic mass is 9.95. The molecule has 0 aliphatic carbocycles. The molecule has 0 amide bonds. The molecule has 4 heteroatoms. The van der Waals surface area contributed by atoms with Crippen molar-refractivity contribution in [3.8, 4) is 0 Å². The van der Waals surface area contributed by atoms with E-state index in [1.807, 2.05) is 41.5 Å². The van der Waals surface area contributed by atoms with Gasteiger partial charge in [0, 0.05) is 13.1 Å². The first-order valence-corrected chi connectivity index (χ1v) is 8.21. The van der Waals surface area contributed by atoms with Crippen molar-refractivity contribution in [3.63, 3.8) is 0 Å². The zero-order valence-corrected chi connectivity index (χ0v) is 13.9. The fourth-order valence-electron chi connectivity index (χ4n) is 2.55. The van der Waals surface area contributed by atoms with Crippen LogP contribution in [-0.2, 0) is 10.0 Å². The Hall–Kier alpha value is -0.870. The summed E-state index contributed by atoms with van der Waals surface area (Å²) >= 11 is 0. The first-order valence-electron chi connectivity index (χ1n) is 6.77. The lowest BCUT2D eigenvalue weighted by molar-refractivity contribution is 0.444. The summed E-state index contributed by atoms with van der Waals surface area (Å²) in [5.74, 6) is 0. The van der Waals surface area contributed by atoms with Crippen LogP contribution in [0.3, 0.4) is 0 Å². The number of nitrogens with zero attached hydrogens (tertiary/aromatic N) is 1. The first kappa shape index (κ1) is 16.2. The van der Waals surface area contributed by atoms with Gasteiger partial charge >= 0.3 is 0 Å². The summed E-state index contributed by atoms with van der Waals surface area (Å²) in [5, 5.41) is 0. The predicted octanol–water partition coefficient (Wildman–Crippen LogP) is 3.26. The molecule has 0 heterocycles. The molecule has 108 valence electrons. The smallest absolute Gasteiger partial charge is 0.207 e. The van der Waals surface area contributed by atoms with Crippen molar-refractivity contribution in [2.45, 2.75) is 53.4 Å². The van der Waals surface area contributed by atoms with Crippen LogP contribution >= 0.6 is 0 Å². The molecule has 0 aromatic heterocycles. The molecule has 0 radical (unpaired) electrons. The second-order valence-corrected chi connectivity index (χ2v) is 6.92. The van der Waals surface area contributed by atoms with Crippen LogP contribution in [0.2, 0.25) is 0 Å². The second-order valence-electron chi connectivity index (χ2n) is 5.04. The summed E-state index contributed by atoms with van der Waals surface area (Å²) in [7, 11) is -3.39. The van der Waals surface area contributed by atoms with Crippen LogP contribution in [-0.4, -0.2) is 25.8 Å². The van der Waals surface area contributed by atoms with E-state index in [0.717, 1.165) is 22.3 Å². The number of sulfonamides is 1. The molecule has 1 aromatic rings. The van der Waals surface area contributed by atoms with E-state index < -0.39 is 10.0 Å². The normalized spacial score (nSPS) is 12.2. The zero-order chi connectivity index (χ0) is 15.0. The van der Waals surface area contributed by atoms with Crippen LogP contribution in [0.15, 0.2) is 4.90 Å². The van der Waals surface area contributed by atoms with E-state index in [-0.39, 0.29) is 0 Å². The maximum absolute atomic E-state index is 12.8. The van der Waals surface area contributed by atoms with Crippen molar-refractivity contribution in [1.82, 2.24) is 4.31 Å². The van der Waals surface area contributed by atoms with Gasteiger partial charge in [0.1, 0.15) is 0 Å². The Morgan fingerprint density at radius 1 is 0.737 bits per heavy atom. The highest BCUT2D eigenvalue weighted by Gasteiger charge is 2.27. The van der Waals surface area contributed by atoms with Gasteiger partial charge in [-0.3, -0.25) is 0 Å². The molecule has 0 bridgehead atoms. The largest absolute Gasteiger partial charge is 0.243 e. The molecule has 0 aliphatic rings. The summed E-state index contributed by atoms with van der Waals surface area (Å²) in [5.41, 5.74) is 5.11. The fraction of sp³-hybridized carbons (Fsp3) is 0.600. The molecule has 0 aliphatic heterocycles. The predicted molar refractivity (Wildman–Crippen MR) is 80.2 cm³/mol. The zero-order valence-electron chi connectivity index (χ0n) is 13.1. The molecule has 0 fully saturated rings. The van der Waals surface area contributed by atoms with Crippen LogP contribution in [0, 0.1) is 34.6 Å². The van der Waals surface area contributed by atoms with Gasteiger partial charge in [-0.2, -0.15) is 4.31 Å². The average molecular weight is 283 g/mol. The van der Waals surface area contributed by atoms with Gasteiger partial charge in [0.2, 0.25) is 10.0 Å². The Labute approximate surface area is 117 Å². The lowest BCUT2D eigenvalue weighted by Crippen LogP contribution is -2.32. The van der Waals surface area contributed by atoms with Crippen LogP contribution in [0.5, 0.6) is 0 Å². The topological polar surface area (TPSA) is 37.4 Å². The van der Waals surface area contributed by atoms with Crippen molar-refractivity contribution in [3.05, 3.63) is 27.8 Å². The van der Waals surface area contributed by atoms with Crippen LogP contribution < -0.4 is 0 Å². The number of hydrogen-bond acceptors (Lipinski definition) is 2. The molecule has 19 heavy (non-hydrogen) atoms. The molecule has 0 N–H and O–H groups in total. The Morgan fingerprint density at radius 3 is 1.37 bits per heavy atom. The highest BCUT2D eigenvalue weighted by molar-refractivity contribution is 7.89. The highest BCUT2D eigenvalue weighted by atomic mass is 32.2. The minimum atomic E-state index is -3.39. The first-order chi connectivity index (χ1) is 8.69. The molecule has 0 atom stereocenters. The molecule has 0 spiro atoms. The Kier molecular flexibility index (Phi) is 4.80. The van der Waals surface area contributed by atoms with E-state index in [1.165, 1.54) is 9.87 Å². The Bertz CT molecular complexity index is 556. The fourth-order valence-corrected chi connectivity index (χ4v) is 4.56. The second kappa shape index (κ2) is 5.63. The van der Waals surface area contributed by atoms with E-state index in [2.05, 4.69) is 6.92 Å². The summed E-state index contributed by atoms with van der Waals surface area (Å²) in [6, 6.07) is 0. The van der Waals surface area contributed by atoms with Crippen LogP contribution in [0.4, 0.5) is 0 Å². The average Bonchev–Trinajstić information content (AvgIpc) is 2.35. The van der Waals surface area contributed by atoms with Gasteiger partial charge in [0.15, 0.2) is 0 Å². The molecule has 0 unspecified atom stereocenters. The summed E-state index contributed by atoms with van der Waals surface area (Å²) in [6.45, 7) is 14.6. The van der Waals surface area contributed by atoms with Crippen molar-refractivity contribution >= 4 is 10.0 Å². The maximum atomic E-state index is 12.8. The van der Waals surface area contributed by atoms with E-state index in [0.29, 0.717) is 18.0 Å². The standard InChI is InChI=1S/C15H25NO2S/c1-8-16(9-2)19(17,18)15-13(6)11(4)10(3)12(5)14(15)7/h8-9H2,1-7H3. The highest BCUT2D eigenvalue weighted by Crippen LogP contribution is 2.31. The summed E-state index contributed by atoms with van der Waals surface area (Å²) in [6.07, 6.45) is 0. The van der Waals surface area contributed by atoms with Crippen molar-refractivity contribution in [1.29, 1.82) is 0 Å².